The number of hydrogen-bond donors (Lipinski definition) is 1. The van der Waals surface area contributed by atoms with Crippen LogP contribution in [0.2, 0.25) is 0 Å². The summed E-state index contributed by atoms with van der Waals surface area (Å²) in [7, 11) is 0. The van der Waals surface area contributed by atoms with E-state index in [1.165, 1.54) is 12.8 Å². The van der Waals surface area contributed by atoms with Crippen molar-refractivity contribution in [3.63, 3.8) is 0 Å². The summed E-state index contributed by atoms with van der Waals surface area (Å²) in [6, 6.07) is 6.55. The topological polar surface area (TPSA) is 50.8 Å². The molecule has 144 valence electrons. The Morgan fingerprint density at radius 2 is 1.85 bits per heavy atom. The standard InChI is InChI=1S/C21H32N2O3/c1-14(2)12-23(17-6-7-17)13-20(24)22-21(15(3)4)16-5-8-18-19(11-16)26-10-9-25-18/h5,8,11,14-15,17,21H,6-7,9-10,12-13H2,1-4H3,(H,22,24). The predicted molar refractivity (Wildman–Crippen MR) is 103 cm³/mol. The Hall–Kier alpha value is -1.75. The number of benzene rings is 1. The molecule has 1 aromatic carbocycles. The van der Waals surface area contributed by atoms with E-state index in [0.29, 0.717) is 37.6 Å². The van der Waals surface area contributed by atoms with E-state index in [1.54, 1.807) is 0 Å². The van der Waals surface area contributed by atoms with Crippen molar-refractivity contribution in [3.05, 3.63) is 23.8 Å². The Bertz CT molecular complexity index is 626. The molecule has 1 fully saturated rings. The van der Waals surface area contributed by atoms with E-state index in [2.05, 4.69) is 37.9 Å². The summed E-state index contributed by atoms with van der Waals surface area (Å²) in [5.41, 5.74) is 1.07. The van der Waals surface area contributed by atoms with Crippen molar-refractivity contribution >= 4 is 5.91 Å². The Morgan fingerprint density at radius 3 is 2.46 bits per heavy atom. The van der Waals surface area contributed by atoms with Gasteiger partial charge in [-0.3, -0.25) is 9.69 Å². The maximum absolute atomic E-state index is 12.7. The summed E-state index contributed by atoms with van der Waals surface area (Å²) in [4.78, 5) is 15.1. The minimum absolute atomic E-state index is 0.0292. The van der Waals surface area contributed by atoms with Gasteiger partial charge in [-0.1, -0.05) is 33.8 Å². The van der Waals surface area contributed by atoms with Gasteiger partial charge in [-0.05, 0) is 42.4 Å². The van der Waals surface area contributed by atoms with Crippen LogP contribution in [0.1, 0.15) is 52.1 Å². The molecular formula is C21H32N2O3. The second-order valence-electron chi connectivity index (χ2n) is 8.25. The number of rotatable bonds is 8. The molecule has 0 bridgehead atoms. The molecule has 0 aromatic heterocycles. The molecule has 1 heterocycles. The normalized spacial score (nSPS) is 17.7. The molecule has 5 heteroatoms. The molecule has 0 spiro atoms. The van der Waals surface area contributed by atoms with Crippen molar-refractivity contribution < 1.29 is 14.3 Å². The summed E-state index contributed by atoms with van der Waals surface area (Å²) in [6.45, 7) is 11.3. The van der Waals surface area contributed by atoms with E-state index < -0.39 is 0 Å². The zero-order valence-corrected chi connectivity index (χ0v) is 16.5. The number of hydrogen-bond acceptors (Lipinski definition) is 4. The van der Waals surface area contributed by atoms with Crippen molar-refractivity contribution in [2.45, 2.75) is 52.6 Å². The third-order valence-electron chi connectivity index (χ3n) is 4.92. The first-order valence-electron chi connectivity index (χ1n) is 9.87. The van der Waals surface area contributed by atoms with Crippen LogP contribution < -0.4 is 14.8 Å². The van der Waals surface area contributed by atoms with E-state index in [1.807, 2.05) is 18.2 Å². The first-order valence-corrected chi connectivity index (χ1v) is 9.87. The quantitative estimate of drug-likeness (QED) is 0.772. The van der Waals surface area contributed by atoms with Gasteiger partial charge in [-0.2, -0.15) is 0 Å². The minimum atomic E-state index is -0.0292. The van der Waals surface area contributed by atoms with Crippen LogP contribution in [0.3, 0.4) is 0 Å². The maximum atomic E-state index is 12.7. The first kappa shape index (κ1) is 19.0. The van der Waals surface area contributed by atoms with Gasteiger partial charge in [-0.25, -0.2) is 0 Å². The number of nitrogens with one attached hydrogen (secondary N) is 1. The number of ether oxygens (including phenoxy) is 2. The Morgan fingerprint density at radius 1 is 1.15 bits per heavy atom. The highest BCUT2D eigenvalue weighted by Gasteiger charge is 2.31. The van der Waals surface area contributed by atoms with Crippen molar-refractivity contribution in [2.24, 2.45) is 11.8 Å². The van der Waals surface area contributed by atoms with Crippen LogP contribution in [0.15, 0.2) is 18.2 Å². The fourth-order valence-electron chi connectivity index (χ4n) is 3.54. The lowest BCUT2D eigenvalue weighted by Gasteiger charge is -2.28. The second-order valence-corrected chi connectivity index (χ2v) is 8.25. The zero-order chi connectivity index (χ0) is 18.7. The highest BCUT2D eigenvalue weighted by molar-refractivity contribution is 5.78. The highest BCUT2D eigenvalue weighted by Crippen LogP contribution is 2.34. The summed E-state index contributed by atoms with van der Waals surface area (Å²) in [6.07, 6.45) is 2.44. The largest absolute Gasteiger partial charge is 0.486 e. The first-order chi connectivity index (χ1) is 12.4. The Labute approximate surface area is 157 Å². The van der Waals surface area contributed by atoms with Crippen LogP contribution >= 0.6 is 0 Å². The predicted octanol–water partition coefficient (Wildman–Crippen LogP) is 3.39. The van der Waals surface area contributed by atoms with Gasteiger partial charge in [0.2, 0.25) is 5.91 Å². The SMILES string of the molecule is CC(C)CN(CC(=O)NC(c1ccc2c(c1)OCCO2)C(C)C)C1CC1. The van der Waals surface area contributed by atoms with Gasteiger partial charge >= 0.3 is 0 Å². The second kappa shape index (κ2) is 8.30. The van der Waals surface area contributed by atoms with Crippen LogP contribution in [0, 0.1) is 11.8 Å². The number of fused-ring (bicyclic) bond motifs is 1. The van der Waals surface area contributed by atoms with Crippen molar-refractivity contribution in [1.29, 1.82) is 0 Å². The molecule has 2 aliphatic rings. The third kappa shape index (κ3) is 4.91. The molecule has 5 nitrogen and oxygen atoms in total. The maximum Gasteiger partial charge on any atom is 0.234 e. The lowest BCUT2D eigenvalue weighted by molar-refractivity contribution is -0.123. The van der Waals surface area contributed by atoms with Gasteiger partial charge in [-0.15, -0.1) is 0 Å². The third-order valence-corrected chi connectivity index (χ3v) is 4.92. The molecular weight excluding hydrogens is 328 g/mol. The molecule has 1 atom stereocenters. The van der Waals surface area contributed by atoms with Crippen LogP contribution in [0.25, 0.3) is 0 Å². The van der Waals surface area contributed by atoms with Crippen molar-refractivity contribution in [3.8, 4) is 11.5 Å². The smallest absolute Gasteiger partial charge is 0.234 e. The average molecular weight is 360 g/mol. The average Bonchev–Trinajstić information content (AvgIpc) is 3.43. The molecule has 1 amide bonds. The minimum Gasteiger partial charge on any atom is -0.486 e. The molecule has 1 aliphatic carbocycles. The molecule has 1 aliphatic heterocycles. The Kier molecular flexibility index (Phi) is 6.07. The molecule has 0 radical (unpaired) electrons. The fourth-order valence-corrected chi connectivity index (χ4v) is 3.54. The number of amides is 1. The molecule has 1 N–H and O–H groups in total. The summed E-state index contributed by atoms with van der Waals surface area (Å²) >= 11 is 0. The summed E-state index contributed by atoms with van der Waals surface area (Å²) in [5, 5.41) is 3.25. The molecule has 1 saturated carbocycles. The summed E-state index contributed by atoms with van der Waals surface area (Å²) in [5.74, 6) is 2.52. The van der Waals surface area contributed by atoms with E-state index in [-0.39, 0.29) is 11.9 Å². The highest BCUT2D eigenvalue weighted by atomic mass is 16.6. The van der Waals surface area contributed by atoms with Crippen molar-refractivity contribution in [2.75, 3.05) is 26.3 Å². The van der Waals surface area contributed by atoms with E-state index in [9.17, 15) is 4.79 Å². The molecule has 26 heavy (non-hydrogen) atoms. The van der Waals surface area contributed by atoms with Crippen molar-refractivity contribution in [1.82, 2.24) is 10.2 Å². The van der Waals surface area contributed by atoms with E-state index in [4.69, 9.17) is 9.47 Å². The van der Waals surface area contributed by atoms with E-state index >= 15 is 0 Å². The van der Waals surface area contributed by atoms with Gasteiger partial charge < -0.3 is 14.8 Å². The number of carbonyl (C=O) groups is 1. The van der Waals surface area contributed by atoms with Crippen LogP contribution in [-0.4, -0.2) is 43.2 Å². The van der Waals surface area contributed by atoms with E-state index in [0.717, 1.165) is 23.6 Å². The van der Waals surface area contributed by atoms with Gasteiger partial charge in [0, 0.05) is 12.6 Å². The lowest BCUT2D eigenvalue weighted by atomic mass is 9.95. The van der Waals surface area contributed by atoms with Gasteiger partial charge in [0.15, 0.2) is 11.5 Å². The van der Waals surface area contributed by atoms with Crippen LogP contribution in [0.5, 0.6) is 11.5 Å². The molecule has 1 aromatic rings. The monoisotopic (exact) mass is 360 g/mol. The molecule has 1 unspecified atom stereocenters. The molecule has 3 rings (SSSR count). The zero-order valence-electron chi connectivity index (χ0n) is 16.5. The lowest BCUT2D eigenvalue weighted by Crippen LogP contribution is -2.42. The number of nitrogens with zero attached hydrogens (tertiary/aromatic N) is 1. The van der Waals surface area contributed by atoms with Crippen LogP contribution in [-0.2, 0) is 4.79 Å². The summed E-state index contributed by atoms with van der Waals surface area (Å²) < 4.78 is 11.3. The van der Waals surface area contributed by atoms with Gasteiger partial charge in [0.1, 0.15) is 13.2 Å². The van der Waals surface area contributed by atoms with Gasteiger partial charge in [0.05, 0.1) is 12.6 Å². The fraction of sp³-hybridized carbons (Fsp3) is 0.667. The Balaban J connectivity index is 1.67. The van der Waals surface area contributed by atoms with Crippen LogP contribution in [0.4, 0.5) is 0 Å². The van der Waals surface area contributed by atoms with Gasteiger partial charge in [0.25, 0.3) is 0 Å². The number of carbonyl (C=O) groups excluding carboxylic acids is 1. The molecule has 0 saturated heterocycles.